The summed E-state index contributed by atoms with van der Waals surface area (Å²) in [4.78, 5) is 4.71. The van der Waals surface area contributed by atoms with E-state index in [1.165, 1.54) is 19.3 Å². The predicted octanol–water partition coefficient (Wildman–Crippen LogP) is 5.68. The number of aliphatic hydroxyl groups is 1. The Balaban J connectivity index is 1.24. The Morgan fingerprint density at radius 3 is 2.31 bits per heavy atom. The molecule has 2 bridgehead atoms. The van der Waals surface area contributed by atoms with Crippen LogP contribution in [-0.4, -0.2) is 40.3 Å². The van der Waals surface area contributed by atoms with Gasteiger partial charge in [-0.2, -0.15) is 0 Å². The maximum atomic E-state index is 12.2. The lowest BCUT2D eigenvalue weighted by atomic mass is 9.73. The van der Waals surface area contributed by atoms with E-state index in [-0.39, 0.29) is 12.0 Å². The van der Waals surface area contributed by atoms with Crippen molar-refractivity contribution < 1.29 is 18.7 Å². The van der Waals surface area contributed by atoms with Gasteiger partial charge in [-0.3, -0.25) is 0 Å². The highest BCUT2D eigenvalue weighted by Crippen LogP contribution is 2.44. The Bertz CT molecular complexity index is 1100. The van der Waals surface area contributed by atoms with Crippen molar-refractivity contribution in [3.05, 3.63) is 84.1 Å². The lowest BCUT2D eigenvalue weighted by Crippen LogP contribution is -2.64. The van der Waals surface area contributed by atoms with E-state index < -0.39 is 5.60 Å². The van der Waals surface area contributed by atoms with Crippen LogP contribution in [0, 0.1) is 11.8 Å². The molecule has 5 nitrogen and oxygen atoms in total. The van der Waals surface area contributed by atoms with Crippen molar-refractivity contribution in [2.24, 2.45) is 11.8 Å². The summed E-state index contributed by atoms with van der Waals surface area (Å²) in [5, 5.41) is 12.2. The zero-order valence-electron chi connectivity index (χ0n) is 20.5. The van der Waals surface area contributed by atoms with Gasteiger partial charge in [-0.05, 0) is 30.5 Å². The van der Waals surface area contributed by atoms with Crippen LogP contribution >= 0.6 is 0 Å². The molecule has 35 heavy (non-hydrogen) atoms. The molecule has 4 fully saturated rings. The molecule has 1 aromatic heterocycles. The molecule has 1 N–H and O–H groups in total. The maximum absolute atomic E-state index is 12.2. The summed E-state index contributed by atoms with van der Waals surface area (Å²) in [6.07, 6.45) is 10.0. The monoisotopic (exact) mass is 473 g/mol. The first kappa shape index (κ1) is 22.8. The number of quaternary nitrogens is 1. The van der Waals surface area contributed by atoms with E-state index in [4.69, 9.17) is 14.1 Å². The smallest absolute Gasteiger partial charge is 0.231 e. The lowest BCUT2D eigenvalue weighted by Gasteiger charge is -2.51. The summed E-state index contributed by atoms with van der Waals surface area (Å²) in [6, 6.07) is 20.2. The van der Waals surface area contributed by atoms with Gasteiger partial charge in [0.2, 0.25) is 5.89 Å². The minimum absolute atomic E-state index is 0.131. The van der Waals surface area contributed by atoms with Crippen molar-refractivity contribution in [2.75, 3.05) is 19.6 Å². The molecule has 2 atom stereocenters. The summed E-state index contributed by atoms with van der Waals surface area (Å²) < 4.78 is 13.9. The van der Waals surface area contributed by atoms with E-state index in [1.54, 1.807) is 0 Å². The zero-order valence-corrected chi connectivity index (χ0v) is 20.5. The largest absolute Gasteiger partial charge is 0.484 e. The minimum Gasteiger partial charge on any atom is -0.484 e. The van der Waals surface area contributed by atoms with Crippen molar-refractivity contribution in [3.63, 3.8) is 0 Å². The number of fused-ring (bicyclic) bond motifs is 3. The van der Waals surface area contributed by atoms with Crippen molar-refractivity contribution in [3.8, 4) is 5.75 Å². The number of piperidine rings is 3. The average molecular weight is 474 g/mol. The Morgan fingerprint density at radius 2 is 1.60 bits per heavy atom. The molecule has 184 valence electrons. The van der Waals surface area contributed by atoms with Gasteiger partial charge >= 0.3 is 0 Å². The van der Waals surface area contributed by atoms with Gasteiger partial charge in [0.25, 0.3) is 0 Å². The number of rotatable bonds is 7. The molecule has 1 aliphatic carbocycles. The van der Waals surface area contributed by atoms with Gasteiger partial charge in [0.1, 0.15) is 18.8 Å². The van der Waals surface area contributed by atoms with Crippen LogP contribution < -0.4 is 4.74 Å². The van der Waals surface area contributed by atoms with E-state index in [0.29, 0.717) is 11.8 Å². The lowest BCUT2D eigenvalue weighted by molar-refractivity contribution is -0.958. The molecule has 3 aliphatic heterocycles. The predicted molar refractivity (Wildman–Crippen MR) is 135 cm³/mol. The molecule has 7 rings (SSSR count). The standard InChI is InChI=1S/C30H37N2O3/c33-30(24-10-4-1-5-11-24,25-12-6-2-7-13-25)29-31-20-27(35-29)21-32-18-16-23(17-19-32)28(22-32)34-26-14-8-3-9-15-26/h1,3-5,8-11,14-15,20,23,25,28,33H,2,6-7,12-13,16-19,21-22H2/q+1/t23?,28?,30-,32?/m1/s1. The molecule has 1 unspecified atom stereocenters. The summed E-state index contributed by atoms with van der Waals surface area (Å²) in [5.74, 6) is 3.07. The number of hydrogen-bond donors (Lipinski definition) is 1. The first-order chi connectivity index (χ1) is 17.1. The Hall–Kier alpha value is -2.63. The number of oxazole rings is 1. The molecule has 0 amide bonds. The van der Waals surface area contributed by atoms with Gasteiger partial charge in [-0.25, -0.2) is 4.98 Å². The van der Waals surface area contributed by atoms with E-state index in [0.717, 1.165) is 73.4 Å². The third kappa shape index (κ3) is 4.41. The summed E-state index contributed by atoms with van der Waals surface area (Å²) in [5.41, 5.74) is -0.282. The fourth-order valence-electron chi connectivity index (χ4n) is 6.88. The number of nitrogens with zero attached hydrogens (tertiary/aromatic N) is 2. The summed E-state index contributed by atoms with van der Waals surface area (Å²) in [6.45, 7) is 4.12. The van der Waals surface area contributed by atoms with Gasteiger partial charge in [-0.1, -0.05) is 67.8 Å². The normalized spacial score (nSPS) is 28.5. The molecular formula is C30H37N2O3+. The third-order valence-electron chi connectivity index (χ3n) is 8.85. The Morgan fingerprint density at radius 1 is 0.914 bits per heavy atom. The quantitative estimate of drug-likeness (QED) is 0.449. The molecule has 3 saturated heterocycles. The molecule has 5 heteroatoms. The van der Waals surface area contributed by atoms with Crippen molar-refractivity contribution in [1.82, 2.24) is 4.98 Å². The van der Waals surface area contributed by atoms with Gasteiger partial charge in [0.05, 0.1) is 19.3 Å². The summed E-state index contributed by atoms with van der Waals surface area (Å²) >= 11 is 0. The Labute approximate surface area is 208 Å². The van der Waals surface area contributed by atoms with E-state index >= 15 is 0 Å². The second-order valence-corrected chi connectivity index (χ2v) is 11.0. The highest BCUT2D eigenvalue weighted by molar-refractivity contribution is 5.30. The zero-order chi connectivity index (χ0) is 23.7. The number of hydrogen-bond acceptors (Lipinski definition) is 4. The maximum Gasteiger partial charge on any atom is 0.231 e. The van der Waals surface area contributed by atoms with Gasteiger partial charge in [0, 0.05) is 24.7 Å². The fourth-order valence-corrected chi connectivity index (χ4v) is 6.88. The number of ether oxygens (including phenoxy) is 1. The summed E-state index contributed by atoms with van der Waals surface area (Å²) in [7, 11) is 0. The second-order valence-electron chi connectivity index (χ2n) is 11.0. The molecule has 2 aromatic carbocycles. The van der Waals surface area contributed by atoms with Gasteiger partial charge in [-0.15, -0.1) is 0 Å². The average Bonchev–Trinajstić information content (AvgIpc) is 3.39. The molecule has 3 aromatic rings. The van der Waals surface area contributed by atoms with E-state index in [9.17, 15) is 5.11 Å². The topological polar surface area (TPSA) is 55.5 Å². The number of aromatic nitrogens is 1. The SMILES string of the molecule is O[C@@](c1ccccc1)(c1ncc(C[N+]23CCC(CC2)C(Oc2ccccc2)C3)o1)C1CCCCC1. The van der Waals surface area contributed by atoms with Crippen LogP contribution in [-0.2, 0) is 12.1 Å². The minimum atomic E-state index is -1.17. The Kier molecular flexibility index (Phi) is 6.15. The van der Waals surface area contributed by atoms with Crippen LogP contribution in [0.15, 0.2) is 71.3 Å². The third-order valence-corrected chi connectivity index (χ3v) is 8.85. The second kappa shape index (κ2) is 9.44. The van der Waals surface area contributed by atoms with Crippen LogP contribution in [0.25, 0.3) is 0 Å². The van der Waals surface area contributed by atoms with Gasteiger partial charge < -0.3 is 18.7 Å². The van der Waals surface area contributed by atoms with E-state index in [1.807, 2.05) is 54.7 Å². The molecule has 4 aliphatic rings. The molecule has 1 saturated carbocycles. The molecule has 0 spiro atoms. The highest BCUT2D eigenvalue weighted by Gasteiger charge is 2.49. The van der Waals surface area contributed by atoms with Crippen LogP contribution in [0.4, 0.5) is 0 Å². The number of benzene rings is 2. The fraction of sp³-hybridized carbons (Fsp3) is 0.500. The van der Waals surface area contributed by atoms with Gasteiger partial charge in [0.15, 0.2) is 17.5 Å². The highest BCUT2D eigenvalue weighted by atomic mass is 16.5. The van der Waals surface area contributed by atoms with Crippen molar-refractivity contribution in [1.29, 1.82) is 0 Å². The van der Waals surface area contributed by atoms with Crippen LogP contribution in [0.5, 0.6) is 5.75 Å². The first-order valence-electron chi connectivity index (χ1n) is 13.4. The van der Waals surface area contributed by atoms with Crippen LogP contribution in [0.1, 0.15) is 62.2 Å². The van der Waals surface area contributed by atoms with Crippen molar-refractivity contribution >= 4 is 0 Å². The number of para-hydroxylation sites is 1. The molecular weight excluding hydrogens is 436 g/mol. The first-order valence-corrected chi connectivity index (χ1v) is 13.4. The molecule has 0 radical (unpaired) electrons. The van der Waals surface area contributed by atoms with Crippen molar-refractivity contribution in [2.45, 2.75) is 63.2 Å². The van der Waals surface area contributed by atoms with Crippen LogP contribution in [0.3, 0.4) is 0 Å². The van der Waals surface area contributed by atoms with Crippen LogP contribution in [0.2, 0.25) is 0 Å². The van der Waals surface area contributed by atoms with E-state index in [2.05, 4.69) is 12.1 Å². The molecule has 4 heterocycles.